The van der Waals surface area contributed by atoms with Crippen molar-refractivity contribution >= 4 is 11.8 Å². The predicted molar refractivity (Wildman–Crippen MR) is 90.4 cm³/mol. The fraction of sp³-hybridized carbons (Fsp3) is 0.167. The third-order valence-electron chi connectivity index (χ3n) is 3.49. The molecule has 0 aliphatic carbocycles. The molecule has 3 aromatic rings. The first-order valence-corrected chi connectivity index (χ1v) is 8.29. The molecule has 1 heterocycles. The number of halogens is 1. The first-order chi connectivity index (χ1) is 11.1. The van der Waals surface area contributed by atoms with Crippen molar-refractivity contribution < 1.29 is 9.50 Å². The van der Waals surface area contributed by atoms with Crippen molar-refractivity contribution in [1.29, 1.82) is 0 Å². The van der Waals surface area contributed by atoms with Crippen LogP contribution in [0.25, 0.3) is 5.69 Å². The first kappa shape index (κ1) is 15.8. The van der Waals surface area contributed by atoms with E-state index in [9.17, 15) is 9.50 Å². The highest BCUT2D eigenvalue weighted by Crippen LogP contribution is 2.26. The standard InChI is InChI=1S/C18H17FN2OS/c1-13-4-2-7-16(10-13)21-9-8-20-18(21)23-12-17(22)14-5-3-6-15(19)11-14/h2-11,17,22H,12H2,1H3. The van der Waals surface area contributed by atoms with Crippen molar-refractivity contribution in [2.45, 2.75) is 18.2 Å². The van der Waals surface area contributed by atoms with Crippen LogP contribution in [0.2, 0.25) is 0 Å². The summed E-state index contributed by atoms with van der Waals surface area (Å²) in [4.78, 5) is 4.35. The van der Waals surface area contributed by atoms with Gasteiger partial charge in [-0.15, -0.1) is 0 Å². The molecule has 0 aliphatic heterocycles. The highest BCUT2D eigenvalue weighted by molar-refractivity contribution is 7.99. The summed E-state index contributed by atoms with van der Waals surface area (Å²) in [5.41, 5.74) is 2.78. The summed E-state index contributed by atoms with van der Waals surface area (Å²) >= 11 is 1.44. The number of hydrogen-bond acceptors (Lipinski definition) is 3. The Bertz CT molecular complexity index is 803. The molecule has 0 bridgehead atoms. The molecule has 0 fully saturated rings. The Morgan fingerprint density at radius 2 is 2.04 bits per heavy atom. The van der Waals surface area contributed by atoms with Gasteiger partial charge in [-0.05, 0) is 42.3 Å². The molecule has 0 radical (unpaired) electrons. The molecule has 1 N–H and O–H groups in total. The molecule has 3 nitrogen and oxygen atoms in total. The van der Waals surface area contributed by atoms with Gasteiger partial charge < -0.3 is 5.11 Å². The van der Waals surface area contributed by atoms with Gasteiger partial charge in [0.15, 0.2) is 5.16 Å². The van der Waals surface area contributed by atoms with Gasteiger partial charge in [0.05, 0.1) is 6.10 Å². The second-order valence-corrected chi connectivity index (χ2v) is 6.29. The summed E-state index contributed by atoms with van der Waals surface area (Å²) in [6.45, 7) is 2.04. The Hall–Kier alpha value is -2.11. The Morgan fingerprint density at radius 1 is 1.22 bits per heavy atom. The molecule has 0 aliphatic rings. The number of aliphatic hydroxyl groups is 1. The van der Waals surface area contributed by atoms with E-state index in [1.807, 2.05) is 35.9 Å². The Balaban J connectivity index is 1.73. The molecule has 118 valence electrons. The molecule has 23 heavy (non-hydrogen) atoms. The fourth-order valence-electron chi connectivity index (χ4n) is 2.33. The maximum absolute atomic E-state index is 13.2. The van der Waals surface area contributed by atoms with Gasteiger partial charge in [0.25, 0.3) is 0 Å². The number of nitrogens with zero attached hydrogens (tertiary/aromatic N) is 2. The van der Waals surface area contributed by atoms with Crippen LogP contribution in [0.4, 0.5) is 4.39 Å². The maximum atomic E-state index is 13.2. The molecule has 0 spiro atoms. The largest absolute Gasteiger partial charge is 0.388 e. The van der Waals surface area contributed by atoms with Gasteiger partial charge in [-0.3, -0.25) is 4.57 Å². The van der Waals surface area contributed by atoms with Gasteiger partial charge in [0, 0.05) is 23.8 Å². The summed E-state index contributed by atoms with van der Waals surface area (Å²) in [5.74, 6) is 0.0690. The van der Waals surface area contributed by atoms with E-state index in [0.29, 0.717) is 11.3 Å². The van der Waals surface area contributed by atoms with Crippen molar-refractivity contribution in [2.75, 3.05) is 5.75 Å². The quantitative estimate of drug-likeness (QED) is 0.715. The molecule has 5 heteroatoms. The molecule has 2 aromatic carbocycles. The van der Waals surface area contributed by atoms with E-state index in [4.69, 9.17) is 0 Å². The Labute approximate surface area is 138 Å². The molecule has 0 amide bonds. The van der Waals surface area contributed by atoms with Crippen LogP contribution in [0, 0.1) is 12.7 Å². The molecule has 1 unspecified atom stereocenters. The number of aliphatic hydroxyl groups excluding tert-OH is 1. The lowest BCUT2D eigenvalue weighted by molar-refractivity contribution is 0.203. The SMILES string of the molecule is Cc1cccc(-n2ccnc2SCC(O)c2cccc(F)c2)c1. The van der Waals surface area contributed by atoms with Gasteiger partial charge in [-0.25, -0.2) is 9.37 Å². The summed E-state index contributed by atoms with van der Waals surface area (Å²) < 4.78 is 15.2. The van der Waals surface area contributed by atoms with Crippen molar-refractivity contribution in [3.8, 4) is 5.69 Å². The van der Waals surface area contributed by atoms with Gasteiger partial charge in [0.1, 0.15) is 5.82 Å². The summed E-state index contributed by atoms with van der Waals surface area (Å²) in [5, 5.41) is 11.0. The lowest BCUT2D eigenvalue weighted by Gasteiger charge is -2.12. The van der Waals surface area contributed by atoms with Crippen LogP contribution in [0.5, 0.6) is 0 Å². The molecule has 1 atom stereocenters. The lowest BCUT2D eigenvalue weighted by atomic mass is 10.1. The van der Waals surface area contributed by atoms with E-state index in [1.54, 1.807) is 18.3 Å². The van der Waals surface area contributed by atoms with Crippen LogP contribution in [0.1, 0.15) is 17.2 Å². The maximum Gasteiger partial charge on any atom is 0.172 e. The summed E-state index contributed by atoms with van der Waals surface area (Å²) in [6.07, 6.45) is 2.89. The monoisotopic (exact) mass is 328 g/mol. The number of hydrogen-bond donors (Lipinski definition) is 1. The van der Waals surface area contributed by atoms with E-state index in [-0.39, 0.29) is 5.82 Å². The predicted octanol–water partition coefficient (Wildman–Crippen LogP) is 4.15. The van der Waals surface area contributed by atoms with Gasteiger partial charge in [0.2, 0.25) is 0 Å². The van der Waals surface area contributed by atoms with E-state index in [2.05, 4.69) is 11.1 Å². The second-order valence-electron chi connectivity index (χ2n) is 5.30. The van der Waals surface area contributed by atoms with Crippen LogP contribution in [0.3, 0.4) is 0 Å². The molecule has 0 saturated heterocycles. The van der Waals surface area contributed by atoms with Crippen LogP contribution in [-0.4, -0.2) is 20.4 Å². The van der Waals surface area contributed by atoms with E-state index in [1.165, 1.54) is 29.5 Å². The number of benzene rings is 2. The zero-order valence-electron chi connectivity index (χ0n) is 12.7. The Kier molecular flexibility index (Phi) is 4.79. The molecule has 1 aromatic heterocycles. The second kappa shape index (κ2) is 6.98. The van der Waals surface area contributed by atoms with Crippen LogP contribution < -0.4 is 0 Å². The molecule has 3 rings (SSSR count). The minimum atomic E-state index is -0.738. The molecular formula is C18H17FN2OS. The van der Waals surface area contributed by atoms with Crippen molar-refractivity contribution in [1.82, 2.24) is 9.55 Å². The van der Waals surface area contributed by atoms with Crippen molar-refractivity contribution in [3.63, 3.8) is 0 Å². The average molecular weight is 328 g/mol. The number of aromatic nitrogens is 2. The first-order valence-electron chi connectivity index (χ1n) is 7.30. The smallest absolute Gasteiger partial charge is 0.172 e. The van der Waals surface area contributed by atoms with Gasteiger partial charge in [-0.1, -0.05) is 36.0 Å². The number of thioether (sulfide) groups is 1. The highest BCUT2D eigenvalue weighted by Gasteiger charge is 2.12. The van der Waals surface area contributed by atoms with Crippen LogP contribution >= 0.6 is 11.8 Å². The molecular weight excluding hydrogens is 311 g/mol. The average Bonchev–Trinajstić information content (AvgIpc) is 3.01. The van der Waals surface area contributed by atoms with E-state index >= 15 is 0 Å². The normalized spacial score (nSPS) is 12.3. The summed E-state index contributed by atoms with van der Waals surface area (Å²) in [7, 11) is 0. The molecule has 0 saturated carbocycles. The van der Waals surface area contributed by atoms with Crippen molar-refractivity contribution in [2.24, 2.45) is 0 Å². The van der Waals surface area contributed by atoms with E-state index in [0.717, 1.165) is 10.8 Å². The Morgan fingerprint density at radius 3 is 2.83 bits per heavy atom. The third kappa shape index (κ3) is 3.81. The zero-order valence-corrected chi connectivity index (χ0v) is 13.5. The number of rotatable bonds is 5. The fourth-order valence-corrected chi connectivity index (χ4v) is 3.27. The van der Waals surface area contributed by atoms with Crippen LogP contribution in [-0.2, 0) is 0 Å². The van der Waals surface area contributed by atoms with Gasteiger partial charge in [-0.2, -0.15) is 0 Å². The van der Waals surface area contributed by atoms with Crippen molar-refractivity contribution in [3.05, 3.63) is 77.9 Å². The minimum Gasteiger partial charge on any atom is -0.388 e. The van der Waals surface area contributed by atoms with Gasteiger partial charge >= 0.3 is 0 Å². The minimum absolute atomic E-state index is 0.340. The number of aryl methyl sites for hydroxylation is 1. The highest BCUT2D eigenvalue weighted by atomic mass is 32.2. The summed E-state index contributed by atoms with van der Waals surface area (Å²) in [6, 6.07) is 14.2. The number of imidazole rings is 1. The lowest BCUT2D eigenvalue weighted by Crippen LogP contribution is -2.03. The zero-order chi connectivity index (χ0) is 16.2. The van der Waals surface area contributed by atoms with Crippen LogP contribution in [0.15, 0.2) is 66.1 Å². The van der Waals surface area contributed by atoms with E-state index < -0.39 is 6.10 Å². The third-order valence-corrected chi connectivity index (χ3v) is 4.53. The topological polar surface area (TPSA) is 38.0 Å².